The van der Waals surface area contributed by atoms with Gasteiger partial charge in [-0.1, -0.05) is 48.1 Å². The summed E-state index contributed by atoms with van der Waals surface area (Å²) in [5, 5.41) is 0. The Bertz CT molecular complexity index is 822. The normalized spacial score (nSPS) is 27.8. The van der Waals surface area contributed by atoms with Gasteiger partial charge in [0.25, 0.3) is 0 Å². The van der Waals surface area contributed by atoms with E-state index in [0.29, 0.717) is 19.6 Å². The number of ether oxygens (including phenoxy) is 4. The van der Waals surface area contributed by atoms with Crippen LogP contribution in [-0.2, 0) is 28.5 Å². The first-order chi connectivity index (χ1) is 15.6. The number of methoxy groups -OCH3 is 1. The van der Waals surface area contributed by atoms with E-state index >= 15 is 0 Å². The number of ketones is 1. The maximum atomic E-state index is 12.4. The van der Waals surface area contributed by atoms with E-state index in [-0.39, 0.29) is 29.5 Å². The Morgan fingerprint density at radius 1 is 1.03 bits per heavy atom. The minimum Gasteiger partial charge on any atom is -0.456 e. The third-order valence-corrected chi connectivity index (χ3v) is 5.98. The van der Waals surface area contributed by atoms with Crippen molar-refractivity contribution in [2.24, 2.45) is 5.92 Å². The Morgan fingerprint density at radius 3 is 2.18 bits per heavy atom. The van der Waals surface area contributed by atoms with Crippen molar-refractivity contribution in [3.63, 3.8) is 0 Å². The van der Waals surface area contributed by atoms with Crippen LogP contribution in [0.1, 0.15) is 47.5 Å². The molecule has 2 fully saturated rings. The van der Waals surface area contributed by atoms with E-state index in [2.05, 4.69) is 19.9 Å². The molecular formula is C27H38O6. The molecule has 1 aliphatic heterocycles. The molecule has 33 heavy (non-hydrogen) atoms. The largest absolute Gasteiger partial charge is 0.456 e. The molecule has 0 amide bonds. The summed E-state index contributed by atoms with van der Waals surface area (Å²) in [7, 11) is 1.65. The number of epoxide rings is 1. The molecule has 6 nitrogen and oxygen atoms in total. The summed E-state index contributed by atoms with van der Waals surface area (Å²) in [5.74, 6) is -0.487. The summed E-state index contributed by atoms with van der Waals surface area (Å²) in [4.78, 5) is 23.2. The fraction of sp³-hybridized carbons (Fsp3) is 0.556. The van der Waals surface area contributed by atoms with Gasteiger partial charge in [-0.2, -0.15) is 0 Å². The lowest BCUT2D eigenvalue weighted by atomic mass is 9.68. The van der Waals surface area contributed by atoms with Crippen LogP contribution < -0.4 is 0 Å². The van der Waals surface area contributed by atoms with Crippen LogP contribution in [0, 0.1) is 5.92 Å². The zero-order chi connectivity index (χ0) is 24.5. The molecule has 1 saturated heterocycles. The van der Waals surface area contributed by atoms with Crippen molar-refractivity contribution in [2.75, 3.05) is 20.3 Å². The molecule has 1 spiro atoms. The van der Waals surface area contributed by atoms with Gasteiger partial charge in [0.05, 0.1) is 24.4 Å². The zero-order valence-electron chi connectivity index (χ0n) is 20.7. The highest BCUT2D eigenvalue weighted by molar-refractivity contribution is 5.87. The highest BCUT2D eigenvalue weighted by Gasteiger charge is 2.64. The van der Waals surface area contributed by atoms with Crippen molar-refractivity contribution in [1.29, 1.82) is 0 Å². The Balaban J connectivity index is 2.00. The highest BCUT2D eigenvalue weighted by atomic mass is 16.6. The van der Waals surface area contributed by atoms with Gasteiger partial charge < -0.3 is 18.9 Å². The second-order valence-corrected chi connectivity index (χ2v) is 9.34. The van der Waals surface area contributed by atoms with Crippen LogP contribution in [0.4, 0.5) is 0 Å². The van der Waals surface area contributed by atoms with Gasteiger partial charge in [0, 0.05) is 19.1 Å². The molecule has 0 bridgehead atoms. The van der Waals surface area contributed by atoms with Crippen LogP contribution in [0.3, 0.4) is 0 Å². The molecule has 0 aromatic rings. The minimum atomic E-state index is -0.518. The molecule has 0 radical (unpaired) electrons. The van der Waals surface area contributed by atoms with Gasteiger partial charge in [-0.15, -0.1) is 0 Å². The topological polar surface area (TPSA) is 74.4 Å². The molecule has 2 aliphatic rings. The third-order valence-electron chi connectivity index (χ3n) is 5.98. The number of allylic oxidation sites excluding steroid dienone is 8. The van der Waals surface area contributed by atoms with Crippen LogP contribution in [0.15, 0.2) is 60.3 Å². The van der Waals surface area contributed by atoms with E-state index in [1.807, 2.05) is 13.8 Å². The van der Waals surface area contributed by atoms with E-state index in [1.54, 1.807) is 43.6 Å². The van der Waals surface area contributed by atoms with Crippen molar-refractivity contribution in [3.8, 4) is 0 Å². The standard InChI is InChI=1S/C27H38O6/c1-20(2)16-18-31-26(4,5)25-24(30-6)22(15-17-27(25)19-32-27)33-23(29)14-12-10-8-7-9-11-13-21(3)28/h7-14,16,22,24-25H,15,17-19H2,1-6H3/b9-7+,10-8+,13-11+,14-12+/t22-,24-,25-,27+/m1/s1. The monoisotopic (exact) mass is 458 g/mol. The smallest absolute Gasteiger partial charge is 0.331 e. The van der Waals surface area contributed by atoms with E-state index in [1.165, 1.54) is 24.6 Å². The molecule has 1 saturated carbocycles. The molecular weight excluding hydrogens is 420 g/mol. The maximum Gasteiger partial charge on any atom is 0.331 e. The lowest BCUT2D eigenvalue weighted by molar-refractivity contribution is -0.189. The Hall–Kier alpha value is -2.28. The van der Waals surface area contributed by atoms with Gasteiger partial charge in [0.1, 0.15) is 12.2 Å². The predicted octanol–water partition coefficient (Wildman–Crippen LogP) is 4.67. The molecule has 1 aliphatic carbocycles. The third kappa shape index (κ3) is 8.22. The molecule has 182 valence electrons. The van der Waals surface area contributed by atoms with Crippen molar-refractivity contribution in [3.05, 3.63) is 60.3 Å². The summed E-state index contributed by atoms with van der Waals surface area (Å²) >= 11 is 0. The first-order valence-electron chi connectivity index (χ1n) is 11.4. The molecule has 0 N–H and O–H groups in total. The highest BCUT2D eigenvalue weighted by Crippen LogP contribution is 2.52. The number of hydrogen-bond acceptors (Lipinski definition) is 6. The first kappa shape index (κ1) is 27.0. The van der Waals surface area contributed by atoms with E-state index in [9.17, 15) is 9.59 Å². The van der Waals surface area contributed by atoms with Crippen LogP contribution in [0.25, 0.3) is 0 Å². The summed E-state index contributed by atoms with van der Waals surface area (Å²) in [6, 6.07) is 0. The van der Waals surface area contributed by atoms with Gasteiger partial charge in [0.2, 0.25) is 0 Å². The summed E-state index contributed by atoms with van der Waals surface area (Å²) in [6.45, 7) is 10.9. The van der Waals surface area contributed by atoms with E-state index in [0.717, 1.165) is 6.42 Å². The summed E-state index contributed by atoms with van der Waals surface area (Å²) < 4.78 is 23.8. The number of carbonyl (C=O) groups is 2. The zero-order valence-corrected chi connectivity index (χ0v) is 20.7. The van der Waals surface area contributed by atoms with Crippen LogP contribution in [0.5, 0.6) is 0 Å². The Labute approximate surface area is 198 Å². The second-order valence-electron chi connectivity index (χ2n) is 9.34. The molecule has 4 atom stereocenters. The number of esters is 1. The van der Waals surface area contributed by atoms with E-state index < -0.39 is 11.6 Å². The average molecular weight is 459 g/mol. The molecule has 2 rings (SSSR count). The SMILES string of the molecule is CO[C@H]1[C@H](C(C)(C)OCC=C(C)C)[C@]2(CC[C@H]1OC(=O)/C=C/C=C/C=C/C=C/C(C)=O)CO2. The van der Waals surface area contributed by atoms with Crippen molar-refractivity contribution >= 4 is 11.8 Å². The molecule has 6 heteroatoms. The van der Waals surface area contributed by atoms with Gasteiger partial charge in [0.15, 0.2) is 5.78 Å². The van der Waals surface area contributed by atoms with Crippen LogP contribution in [-0.4, -0.2) is 55.5 Å². The van der Waals surface area contributed by atoms with Gasteiger partial charge >= 0.3 is 5.97 Å². The fourth-order valence-electron chi connectivity index (χ4n) is 4.36. The van der Waals surface area contributed by atoms with Gasteiger partial charge in [-0.25, -0.2) is 4.79 Å². The number of carbonyl (C=O) groups excluding carboxylic acids is 2. The van der Waals surface area contributed by atoms with Crippen LogP contribution in [0.2, 0.25) is 0 Å². The Morgan fingerprint density at radius 2 is 1.64 bits per heavy atom. The predicted molar refractivity (Wildman–Crippen MR) is 129 cm³/mol. The van der Waals surface area contributed by atoms with Gasteiger partial charge in [-0.05, 0) is 53.5 Å². The van der Waals surface area contributed by atoms with Crippen molar-refractivity contribution < 1.29 is 28.5 Å². The minimum absolute atomic E-state index is 0.00685. The summed E-state index contributed by atoms with van der Waals surface area (Å²) in [5.41, 5.74) is 0.404. The van der Waals surface area contributed by atoms with Crippen molar-refractivity contribution in [2.45, 2.75) is 70.9 Å². The molecule has 1 heterocycles. The maximum absolute atomic E-state index is 12.4. The fourth-order valence-corrected chi connectivity index (χ4v) is 4.36. The van der Waals surface area contributed by atoms with Gasteiger partial charge in [-0.3, -0.25) is 4.79 Å². The molecule has 0 unspecified atom stereocenters. The summed E-state index contributed by atoms with van der Waals surface area (Å²) in [6.07, 6.45) is 16.0. The first-order valence-corrected chi connectivity index (χ1v) is 11.4. The number of hydrogen-bond donors (Lipinski definition) is 0. The second kappa shape index (κ2) is 12.3. The molecule has 0 aromatic carbocycles. The average Bonchev–Trinajstić information content (AvgIpc) is 3.49. The number of rotatable bonds is 11. The molecule has 0 aromatic heterocycles. The quantitative estimate of drug-likeness (QED) is 0.147. The van der Waals surface area contributed by atoms with E-state index in [4.69, 9.17) is 18.9 Å². The van der Waals surface area contributed by atoms with Crippen molar-refractivity contribution in [1.82, 2.24) is 0 Å². The lowest BCUT2D eigenvalue weighted by Gasteiger charge is -2.47. The lowest BCUT2D eigenvalue weighted by Crippen LogP contribution is -2.58. The Kier molecular flexibility index (Phi) is 10.0. The van der Waals surface area contributed by atoms with Crippen LogP contribution >= 0.6 is 0 Å².